The summed E-state index contributed by atoms with van der Waals surface area (Å²) in [6.45, 7) is 0. The van der Waals surface area contributed by atoms with Crippen LogP contribution in [0.5, 0.6) is 0 Å². The number of fused-ring (bicyclic) bond motifs is 1. The highest BCUT2D eigenvalue weighted by atomic mass is 17.1. The Morgan fingerprint density at radius 2 is 2.25 bits per heavy atom. The lowest BCUT2D eigenvalue weighted by Crippen LogP contribution is -2.19. The first kappa shape index (κ1) is 10.6. The van der Waals surface area contributed by atoms with Gasteiger partial charge in [0.25, 0.3) is 0 Å². The van der Waals surface area contributed by atoms with Gasteiger partial charge in [0.05, 0.1) is 6.42 Å². The minimum Gasteiger partial charge on any atom is -0.326 e. The topological polar surface area (TPSA) is 75.6 Å². The molecule has 1 heterocycles. The molecule has 1 amide bonds. The molecule has 0 saturated heterocycles. The molecular weight excluding hydrogens is 210 g/mol. The molecule has 0 fully saturated rings. The Balaban J connectivity index is 2.21. The second-order valence-corrected chi connectivity index (χ2v) is 3.68. The van der Waals surface area contributed by atoms with Crippen LogP contribution in [-0.4, -0.2) is 17.1 Å². The summed E-state index contributed by atoms with van der Waals surface area (Å²) in [6.07, 6.45) is 1.19. The lowest BCUT2D eigenvalue weighted by Gasteiger charge is -2.17. The molecule has 0 saturated carbocycles. The smallest absolute Gasteiger partial charge is 0.326 e. The fourth-order valence-electron chi connectivity index (χ4n) is 1.73. The maximum absolute atomic E-state index is 11.2. The van der Waals surface area contributed by atoms with E-state index in [1.807, 2.05) is 6.07 Å². The van der Waals surface area contributed by atoms with Crippen LogP contribution in [-0.2, 0) is 27.3 Å². The summed E-state index contributed by atoms with van der Waals surface area (Å²) in [4.78, 5) is 25.6. The summed E-state index contributed by atoms with van der Waals surface area (Å²) in [6, 6.07) is 5.38. The van der Waals surface area contributed by atoms with Crippen molar-refractivity contribution in [2.75, 3.05) is 5.32 Å². The average molecular weight is 221 g/mol. The highest BCUT2D eigenvalue weighted by Crippen LogP contribution is 2.23. The van der Waals surface area contributed by atoms with Crippen LogP contribution in [0, 0.1) is 0 Å². The minimum atomic E-state index is -0.720. The zero-order valence-electron chi connectivity index (χ0n) is 8.53. The Hall–Kier alpha value is -1.88. The van der Waals surface area contributed by atoms with E-state index in [9.17, 15) is 9.59 Å². The maximum atomic E-state index is 11.2. The van der Waals surface area contributed by atoms with Crippen LogP contribution in [0.25, 0.3) is 0 Å². The molecule has 1 aromatic carbocycles. The van der Waals surface area contributed by atoms with Gasteiger partial charge in [-0.3, -0.25) is 4.79 Å². The number of benzene rings is 1. The van der Waals surface area contributed by atoms with Crippen molar-refractivity contribution in [3.63, 3.8) is 0 Å². The maximum Gasteiger partial charge on any atom is 0.346 e. The molecule has 0 radical (unpaired) electrons. The van der Waals surface area contributed by atoms with Gasteiger partial charge in [-0.05, 0) is 23.6 Å². The number of amides is 1. The fraction of sp³-hybridized carbons (Fsp3) is 0.273. The highest BCUT2D eigenvalue weighted by molar-refractivity contribution is 5.94. The lowest BCUT2D eigenvalue weighted by molar-refractivity contribution is -0.233. The monoisotopic (exact) mass is 221 g/mol. The van der Waals surface area contributed by atoms with Crippen LogP contribution >= 0.6 is 0 Å². The van der Waals surface area contributed by atoms with Crippen molar-refractivity contribution in [1.29, 1.82) is 0 Å². The molecule has 2 N–H and O–H groups in total. The molecule has 0 unspecified atom stereocenters. The van der Waals surface area contributed by atoms with Crippen molar-refractivity contribution in [2.45, 2.75) is 19.3 Å². The number of nitrogens with one attached hydrogen (secondary N) is 1. The van der Waals surface area contributed by atoms with Crippen LogP contribution in [0.1, 0.15) is 17.5 Å². The zero-order valence-corrected chi connectivity index (χ0v) is 8.53. The first-order valence-corrected chi connectivity index (χ1v) is 4.95. The van der Waals surface area contributed by atoms with Crippen LogP contribution in [0.15, 0.2) is 18.2 Å². The van der Waals surface area contributed by atoms with Gasteiger partial charge in [-0.1, -0.05) is 12.1 Å². The van der Waals surface area contributed by atoms with Gasteiger partial charge in [0, 0.05) is 12.1 Å². The van der Waals surface area contributed by atoms with Crippen molar-refractivity contribution < 1.29 is 19.7 Å². The van der Waals surface area contributed by atoms with E-state index in [2.05, 4.69) is 10.2 Å². The summed E-state index contributed by atoms with van der Waals surface area (Å²) in [5, 5.41) is 10.9. The Morgan fingerprint density at radius 3 is 3.00 bits per heavy atom. The van der Waals surface area contributed by atoms with E-state index >= 15 is 0 Å². The molecule has 1 aliphatic rings. The third-order valence-electron chi connectivity index (χ3n) is 2.52. The van der Waals surface area contributed by atoms with Gasteiger partial charge in [0.1, 0.15) is 0 Å². The summed E-state index contributed by atoms with van der Waals surface area (Å²) >= 11 is 0. The Kier molecular flexibility index (Phi) is 2.87. The molecule has 0 aliphatic carbocycles. The third kappa shape index (κ3) is 2.20. The molecule has 1 aliphatic heterocycles. The minimum absolute atomic E-state index is 0.0142. The van der Waals surface area contributed by atoms with Crippen LogP contribution in [0.2, 0.25) is 0 Å². The molecule has 0 atom stereocenters. The van der Waals surface area contributed by atoms with Crippen molar-refractivity contribution in [3.05, 3.63) is 29.3 Å². The fourth-order valence-corrected chi connectivity index (χ4v) is 1.73. The average Bonchev–Trinajstić information content (AvgIpc) is 2.28. The van der Waals surface area contributed by atoms with Crippen molar-refractivity contribution in [3.8, 4) is 0 Å². The summed E-state index contributed by atoms with van der Waals surface area (Å²) in [7, 11) is 0. The SMILES string of the molecule is O=C1CCc2ccc(CC(=O)OO)cc2N1. The van der Waals surface area contributed by atoms with E-state index < -0.39 is 5.97 Å². The largest absolute Gasteiger partial charge is 0.346 e. The highest BCUT2D eigenvalue weighted by Gasteiger charge is 2.15. The van der Waals surface area contributed by atoms with Gasteiger partial charge in [-0.2, -0.15) is 5.26 Å². The second-order valence-electron chi connectivity index (χ2n) is 3.68. The quantitative estimate of drug-likeness (QED) is 0.579. The number of aryl methyl sites for hydroxylation is 1. The van der Waals surface area contributed by atoms with E-state index in [0.717, 1.165) is 11.3 Å². The first-order valence-electron chi connectivity index (χ1n) is 4.95. The molecule has 5 nitrogen and oxygen atoms in total. The second kappa shape index (κ2) is 4.32. The van der Waals surface area contributed by atoms with Gasteiger partial charge < -0.3 is 10.2 Å². The summed E-state index contributed by atoms with van der Waals surface area (Å²) in [5.74, 6) is -0.739. The van der Waals surface area contributed by atoms with E-state index in [-0.39, 0.29) is 12.3 Å². The molecule has 5 heteroatoms. The predicted molar refractivity (Wildman–Crippen MR) is 55.8 cm³/mol. The van der Waals surface area contributed by atoms with E-state index in [0.29, 0.717) is 18.4 Å². The van der Waals surface area contributed by atoms with E-state index in [1.165, 1.54) is 0 Å². The molecule has 84 valence electrons. The zero-order chi connectivity index (χ0) is 11.5. The number of carbonyl (C=O) groups is 2. The Bertz CT molecular complexity index is 442. The number of hydrogen-bond donors (Lipinski definition) is 2. The summed E-state index contributed by atoms with van der Waals surface area (Å²) in [5.41, 5.74) is 2.49. The Labute approximate surface area is 92.0 Å². The van der Waals surface area contributed by atoms with Gasteiger partial charge >= 0.3 is 5.97 Å². The van der Waals surface area contributed by atoms with Crippen LogP contribution < -0.4 is 5.32 Å². The molecule has 16 heavy (non-hydrogen) atoms. The number of anilines is 1. The lowest BCUT2D eigenvalue weighted by atomic mass is 10.00. The molecule has 0 bridgehead atoms. The number of carbonyl (C=O) groups excluding carboxylic acids is 2. The first-order chi connectivity index (χ1) is 7.69. The summed E-state index contributed by atoms with van der Waals surface area (Å²) < 4.78 is 0. The number of hydrogen-bond acceptors (Lipinski definition) is 4. The van der Waals surface area contributed by atoms with Gasteiger partial charge in [-0.25, -0.2) is 4.79 Å². The van der Waals surface area contributed by atoms with Crippen molar-refractivity contribution in [2.24, 2.45) is 0 Å². The predicted octanol–water partition coefficient (Wildman–Crippen LogP) is 1.13. The van der Waals surface area contributed by atoms with Gasteiger partial charge in [-0.15, -0.1) is 0 Å². The van der Waals surface area contributed by atoms with Crippen molar-refractivity contribution in [1.82, 2.24) is 0 Å². The van der Waals surface area contributed by atoms with E-state index in [1.54, 1.807) is 12.1 Å². The molecule has 0 aromatic heterocycles. The normalized spacial score (nSPS) is 13.9. The molecule has 1 aromatic rings. The van der Waals surface area contributed by atoms with Gasteiger partial charge in [0.2, 0.25) is 5.91 Å². The van der Waals surface area contributed by atoms with Crippen LogP contribution in [0.4, 0.5) is 5.69 Å². The molecule has 2 rings (SSSR count). The Morgan fingerprint density at radius 1 is 1.44 bits per heavy atom. The van der Waals surface area contributed by atoms with E-state index in [4.69, 9.17) is 5.26 Å². The molecular formula is C11H11NO4. The number of rotatable bonds is 2. The van der Waals surface area contributed by atoms with Crippen molar-refractivity contribution >= 4 is 17.6 Å². The third-order valence-corrected chi connectivity index (χ3v) is 2.52. The van der Waals surface area contributed by atoms with Gasteiger partial charge in [0.15, 0.2) is 0 Å². The van der Waals surface area contributed by atoms with Crippen LogP contribution in [0.3, 0.4) is 0 Å². The molecule has 0 spiro atoms. The standard InChI is InChI=1S/C11H11NO4/c13-10-4-3-8-2-1-7(5-9(8)12-10)6-11(14)16-15/h1-2,5,15H,3-4,6H2,(H,12,13).